The Labute approximate surface area is 126 Å². The van der Waals surface area contributed by atoms with Gasteiger partial charge >= 0.3 is 0 Å². The normalized spacial score (nSPS) is 14.3. The monoisotopic (exact) mass is 300 g/mol. The Kier molecular flexibility index (Phi) is 7.92. The molecule has 1 aromatic carbocycles. The minimum absolute atomic E-state index is 0.233. The number of hydrogen-bond donors (Lipinski definition) is 2. The summed E-state index contributed by atoms with van der Waals surface area (Å²) in [6, 6.07) is 7.63. The Morgan fingerprint density at radius 1 is 1.35 bits per heavy atom. The molecule has 0 aliphatic rings. The number of aliphatic hydroxyl groups excluding tert-OH is 1. The summed E-state index contributed by atoms with van der Waals surface area (Å²) in [5, 5.41) is 13.7. The van der Waals surface area contributed by atoms with Gasteiger partial charge in [0.05, 0.1) is 5.02 Å². The van der Waals surface area contributed by atoms with Crippen molar-refractivity contribution in [2.24, 2.45) is 0 Å². The van der Waals surface area contributed by atoms with Crippen molar-refractivity contribution >= 4 is 11.6 Å². The number of aliphatic hydroxyl groups is 1. The van der Waals surface area contributed by atoms with Crippen LogP contribution in [-0.2, 0) is 0 Å². The van der Waals surface area contributed by atoms with Gasteiger partial charge in [-0.3, -0.25) is 0 Å². The molecule has 0 amide bonds. The first-order valence-electron chi connectivity index (χ1n) is 6.92. The maximum absolute atomic E-state index is 9.89. The number of nitrogens with zero attached hydrogens (tertiary/aromatic N) is 1. The number of ether oxygens (including phenoxy) is 1. The molecule has 0 radical (unpaired) electrons. The molecule has 0 aromatic heterocycles. The van der Waals surface area contributed by atoms with E-state index in [4.69, 9.17) is 16.3 Å². The molecule has 0 saturated carbocycles. The Bertz CT molecular complexity index is 388. The quantitative estimate of drug-likeness (QED) is 0.732. The van der Waals surface area contributed by atoms with Crippen LogP contribution in [0.25, 0.3) is 0 Å². The second-order valence-corrected chi connectivity index (χ2v) is 5.70. The van der Waals surface area contributed by atoms with E-state index in [1.54, 1.807) is 12.1 Å². The molecule has 1 aromatic rings. The van der Waals surface area contributed by atoms with E-state index >= 15 is 0 Å². The molecule has 1 rings (SSSR count). The maximum Gasteiger partial charge on any atom is 0.138 e. The van der Waals surface area contributed by atoms with Crippen molar-refractivity contribution in [1.29, 1.82) is 0 Å². The van der Waals surface area contributed by atoms with Gasteiger partial charge in [-0.1, -0.05) is 23.7 Å². The first-order valence-corrected chi connectivity index (χ1v) is 7.30. The van der Waals surface area contributed by atoms with Crippen LogP contribution in [0.5, 0.6) is 5.75 Å². The van der Waals surface area contributed by atoms with Crippen LogP contribution in [0.3, 0.4) is 0 Å². The molecule has 4 nitrogen and oxygen atoms in total. The van der Waals surface area contributed by atoms with Crippen LogP contribution >= 0.6 is 11.6 Å². The average molecular weight is 301 g/mol. The Hall–Kier alpha value is -0.810. The van der Waals surface area contributed by atoms with E-state index in [-0.39, 0.29) is 6.61 Å². The summed E-state index contributed by atoms with van der Waals surface area (Å²) in [6.07, 6.45) is 0.499. The van der Waals surface area contributed by atoms with Crippen molar-refractivity contribution in [1.82, 2.24) is 10.2 Å². The molecule has 5 heteroatoms. The van der Waals surface area contributed by atoms with Gasteiger partial charge in [-0.25, -0.2) is 0 Å². The maximum atomic E-state index is 9.89. The van der Waals surface area contributed by atoms with E-state index in [1.807, 2.05) is 12.1 Å². The zero-order chi connectivity index (χ0) is 15.0. The number of para-hydroxylation sites is 1. The van der Waals surface area contributed by atoms with Crippen LogP contribution in [0.4, 0.5) is 0 Å². The van der Waals surface area contributed by atoms with Crippen molar-refractivity contribution in [2.45, 2.75) is 25.5 Å². The van der Waals surface area contributed by atoms with E-state index in [0.29, 0.717) is 23.4 Å². The molecule has 0 spiro atoms. The fraction of sp³-hybridized carbons (Fsp3) is 0.600. The van der Waals surface area contributed by atoms with E-state index in [0.717, 1.165) is 13.0 Å². The third-order valence-electron chi connectivity index (χ3n) is 2.98. The molecule has 2 unspecified atom stereocenters. The largest absolute Gasteiger partial charge is 0.489 e. The van der Waals surface area contributed by atoms with E-state index in [9.17, 15) is 5.11 Å². The number of hydrogen-bond acceptors (Lipinski definition) is 4. The number of rotatable bonds is 9. The molecule has 2 N–H and O–H groups in total. The summed E-state index contributed by atoms with van der Waals surface area (Å²) in [5.74, 6) is 0.605. The lowest BCUT2D eigenvalue weighted by Crippen LogP contribution is -2.37. The molecule has 0 aliphatic carbocycles. The minimum atomic E-state index is -0.548. The standard InChI is InChI=1S/C15H25ClN2O2/c1-12(8-9-18(2)3)17-10-13(19)11-20-15-7-5-4-6-14(15)16/h4-7,12-13,17,19H,8-11H2,1-3H3. The predicted octanol–water partition coefficient (Wildman–Crippen LogP) is 2.01. The fourth-order valence-electron chi connectivity index (χ4n) is 1.70. The van der Waals surface area contributed by atoms with Gasteiger partial charge in [0.25, 0.3) is 0 Å². The van der Waals surface area contributed by atoms with Crippen molar-refractivity contribution in [3.63, 3.8) is 0 Å². The second kappa shape index (κ2) is 9.19. The third kappa shape index (κ3) is 7.10. The van der Waals surface area contributed by atoms with Gasteiger partial charge in [-0.15, -0.1) is 0 Å². The van der Waals surface area contributed by atoms with Crippen LogP contribution in [0.1, 0.15) is 13.3 Å². The Morgan fingerprint density at radius 2 is 2.05 bits per heavy atom. The Balaban J connectivity index is 2.20. The molecule has 0 bridgehead atoms. The van der Waals surface area contributed by atoms with E-state index in [1.165, 1.54) is 0 Å². The van der Waals surface area contributed by atoms with Gasteiger partial charge in [0, 0.05) is 12.6 Å². The number of halogens is 1. The van der Waals surface area contributed by atoms with Crippen molar-refractivity contribution in [3.8, 4) is 5.75 Å². The van der Waals surface area contributed by atoms with Crippen LogP contribution < -0.4 is 10.1 Å². The summed E-state index contributed by atoms with van der Waals surface area (Å²) < 4.78 is 5.50. The topological polar surface area (TPSA) is 44.7 Å². The van der Waals surface area contributed by atoms with Crippen LogP contribution in [0, 0.1) is 0 Å². The molecular weight excluding hydrogens is 276 g/mol. The molecule has 0 aliphatic heterocycles. The summed E-state index contributed by atoms with van der Waals surface area (Å²) in [6.45, 7) is 3.89. The van der Waals surface area contributed by atoms with Crippen LogP contribution in [0.15, 0.2) is 24.3 Å². The van der Waals surface area contributed by atoms with E-state index in [2.05, 4.69) is 31.2 Å². The molecule has 114 valence electrons. The average Bonchev–Trinajstić information content (AvgIpc) is 2.42. The van der Waals surface area contributed by atoms with Crippen molar-refractivity contribution < 1.29 is 9.84 Å². The first-order chi connectivity index (χ1) is 9.49. The zero-order valence-corrected chi connectivity index (χ0v) is 13.2. The lowest BCUT2D eigenvalue weighted by Gasteiger charge is -2.19. The molecule has 0 heterocycles. The molecule has 0 fully saturated rings. The van der Waals surface area contributed by atoms with E-state index < -0.39 is 6.10 Å². The summed E-state index contributed by atoms with van der Waals surface area (Å²) in [5.41, 5.74) is 0. The molecular formula is C15H25ClN2O2. The van der Waals surface area contributed by atoms with Crippen molar-refractivity contribution in [3.05, 3.63) is 29.3 Å². The lowest BCUT2D eigenvalue weighted by molar-refractivity contribution is 0.103. The summed E-state index contributed by atoms with van der Waals surface area (Å²) >= 11 is 5.98. The van der Waals surface area contributed by atoms with Gasteiger partial charge in [-0.2, -0.15) is 0 Å². The van der Waals surface area contributed by atoms with Crippen molar-refractivity contribution in [2.75, 3.05) is 33.8 Å². The third-order valence-corrected chi connectivity index (χ3v) is 3.29. The highest BCUT2D eigenvalue weighted by Crippen LogP contribution is 2.22. The number of nitrogens with one attached hydrogen (secondary N) is 1. The summed E-state index contributed by atoms with van der Waals surface area (Å²) in [4.78, 5) is 2.15. The molecule has 20 heavy (non-hydrogen) atoms. The van der Waals surface area contributed by atoms with Crippen LogP contribution in [0.2, 0.25) is 5.02 Å². The zero-order valence-electron chi connectivity index (χ0n) is 12.5. The van der Waals surface area contributed by atoms with Gasteiger partial charge in [0.2, 0.25) is 0 Å². The highest BCUT2D eigenvalue weighted by Gasteiger charge is 2.09. The van der Waals surface area contributed by atoms with Crippen LogP contribution in [-0.4, -0.2) is 55.9 Å². The fourth-order valence-corrected chi connectivity index (χ4v) is 1.89. The highest BCUT2D eigenvalue weighted by atomic mass is 35.5. The number of benzene rings is 1. The second-order valence-electron chi connectivity index (χ2n) is 5.30. The highest BCUT2D eigenvalue weighted by molar-refractivity contribution is 6.32. The van der Waals surface area contributed by atoms with Gasteiger partial charge in [-0.05, 0) is 46.1 Å². The predicted molar refractivity (Wildman–Crippen MR) is 83.6 cm³/mol. The van der Waals surface area contributed by atoms with Gasteiger partial charge in [0.1, 0.15) is 18.5 Å². The van der Waals surface area contributed by atoms with Gasteiger partial charge in [0.15, 0.2) is 0 Å². The molecule has 0 saturated heterocycles. The summed E-state index contributed by atoms with van der Waals surface area (Å²) in [7, 11) is 4.11. The SMILES string of the molecule is CC(CCN(C)C)NCC(O)COc1ccccc1Cl. The minimum Gasteiger partial charge on any atom is -0.489 e. The van der Waals surface area contributed by atoms with Gasteiger partial charge < -0.3 is 20.1 Å². The Morgan fingerprint density at radius 3 is 2.70 bits per heavy atom. The smallest absolute Gasteiger partial charge is 0.138 e. The lowest BCUT2D eigenvalue weighted by atomic mass is 10.2. The molecule has 2 atom stereocenters. The first kappa shape index (κ1) is 17.2.